The van der Waals surface area contributed by atoms with Crippen LogP contribution in [-0.4, -0.2) is 24.8 Å². The van der Waals surface area contributed by atoms with Gasteiger partial charge < -0.3 is 20.1 Å². The number of anilines is 2. The van der Waals surface area contributed by atoms with Gasteiger partial charge in [0.15, 0.2) is 11.5 Å². The molecule has 0 spiro atoms. The van der Waals surface area contributed by atoms with Crippen LogP contribution >= 0.6 is 15.9 Å². The highest BCUT2D eigenvalue weighted by Crippen LogP contribution is 2.52. The Morgan fingerprint density at radius 3 is 2.57 bits per heavy atom. The van der Waals surface area contributed by atoms with Gasteiger partial charge >= 0.3 is 6.03 Å². The molecule has 35 heavy (non-hydrogen) atoms. The van der Waals surface area contributed by atoms with Crippen LogP contribution in [0.5, 0.6) is 11.5 Å². The Bertz CT molecular complexity index is 1330. The van der Waals surface area contributed by atoms with Crippen LogP contribution in [0.2, 0.25) is 0 Å². The molecule has 2 N–H and O–H groups in total. The summed E-state index contributed by atoms with van der Waals surface area (Å²) in [5.41, 5.74) is 2.77. The number of halogens is 1. The van der Waals surface area contributed by atoms with Crippen LogP contribution in [0.25, 0.3) is 0 Å². The second kappa shape index (κ2) is 8.61. The van der Waals surface area contributed by atoms with Crippen LogP contribution < -0.4 is 25.0 Å². The van der Waals surface area contributed by atoms with Gasteiger partial charge in [0.2, 0.25) is 11.6 Å². The number of amides is 3. The van der Waals surface area contributed by atoms with E-state index in [4.69, 9.17) is 9.47 Å². The first-order valence-electron chi connectivity index (χ1n) is 11.3. The van der Waals surface area contributed by atoms with Crippen LogP contribution in [0, 0.1) is 19.8 Å². The molecule has 3 amide bonds. The maximum Gasteiger partial charge on any atom is 0.325 e. The topological polar surface area (TPSA) is 79.9 Å². The van der Waals surface area contributed by atoms with Gasteiger partial charge in [-0.1, -0.05) is 45.8 Å². The first-order valence-corrected chi connectivity index (χ1v) is 12.1. The van der Waals surface area contributed by atoms with Crippen LogP contribution in [-0.2, 0) is 4.79 Å². The normalized spacial score (nSPS) is 22.5. The van der Waals surface area contributed by atoms with Gasteiger partial charge in [-0.3, -0.25) is 9.69 Å². The second-order valence-electron chi connectivity index (χ2n) is 9.06. The molecule has 2 bridgehead atoms. The number of para-hydroxylation sites is 1. The zero-order valence-electron chi connectivity index (χ0n) is 19.9. The summed E-state index contributed by atoms with van der Waals surface area (Å²) in [4.78, 5) is 28.9. The number of carbonyl (C=O) groups excluding carboxylic acids is 2. The Morgan fingerprint density at radius 1 is 1.14 bits per heavy atom. The van der Waals surface area contributed by atoms with Crippen molar-refractivity contribution in [2.45, 2.75) is 32.5 Å². The van der Waals surface area contributed by atoms with E-state index in [9.17, 15) is 9.59 Å². The molecule has 0 unspecified atom stereocenters. The lowest BCUT2D eigenvalue weighted by molar-refractivity contribution is -0.131. The Morgan fingerprint density at radius 2 is 1.89 bits per heavy atom. The van der Waals surface area contributed by atoms with Crippen molar-refractivity contribution in [2.75, 3.05) is 17.3 Å². The largest absolute Gasteiger partial charge is 0.493 e. The lowest BCUT2D eigenvalue weighted by Crippen LogP contribution is -2.72. The van der Waals surface area contributed by atoms with Crippen molar-refractivity contribution in [1.82, 2.24) is 5.32 Å². The van der Waals surface area contributed by atoms with Crippen LogP contribution in [0.4, 0.5) is 16.2 Å². The molecule has 0 radical (unpaired) electrons. The first kappa shape index (κ1) is 23.2. The van der Waals surface area contributed by atoms with Gasteiger partial charge in [0.1, 0.15) is 5.92 Å². The molecule has 180 valence electrons. The van der Waals surface area contributed by atoms with Crippen molar-refractivity contribution in [2.24, 2.45) is 5.92 Å². The number of nitrogens with one attached hydrogen (secondary N) is 2. The predicted octanol–water partition coefficient (Wildman–Crippen LogP) is 5.71. The third kappa shape index (κ3) is 3.82. The van der Waals surface area contributed by atoms with Crippen molar-refractivity contribution in [3.63, 3.8) is 0 Å². The number of nitrogens with zero attached hydrogens (tertiary/aromatic N) is 1. The average Bonchev–Trinajstić information content (AvgIpc) is 2.81. The highest BCUT2D eigenvalue weighted by molar-refractivity contribution is 9.10. The summed E-state index contributed by atoms with van der Waals surface area (Å²) in [6.07, 6.45) is 0. The number of fused-ring (bicyclic) bond motifs is 4. The Balaban J connectivity index is 1.64. The molecule has 1 saturated heterocycles. The predicted molar refractivity (Wildman–Crippen MR) is 138 cm³/mol. The standard InChI is InChI=1S/C27H26BrN3O4/c1-15-8-13-20(16(2)14-15)29-25(32)22-23-19-6-5-7-21(34-4)24(19)35-27(22,3)31(26(33)30-23)18-11-9-17(28)10-12-18/h5-14,22-23H,1-4H3,(H,29,32)(H,30,33)/t22-,23+,27-/m0/s1. The monoisotopic (exact) mass is 535 g/mol. The molecular formula is C27H26BrN3O4. The summed E-state index contributed by atoms with van der Waals surface area (Å²) >= 11 is 3.44. The number of hydrogen-bond donors (Lipinski definition) is 2. The number of carbonyl (C=O) groups is 2. The fourth-order valence-electron chi connectivity index (χ4n) is 5.07. The molecule has 0 aromatic heterocycles. The number of aryl methyl sites for hydroxylation is 2. The smallest absolute Gasteiger partial charge is 0.325 e. The van der Waals surface area contributed by atoms with E-state index in [1.807, 2.05) is 68.4 Å². The Hall–Kier alpha value is -3.52. The highest BCUT2D eigenvalue weighted by atomic mass is 79.9. The summed E-state index contributed by atoms with van der Waals surface area (Å²) in [5, 5.41) is 6.14. The van der Waals surface area contributed by atoms with E-state index in [1.54, 1.807) is 20.1 Å². The van der Waals surface area contributed by atoms with E-state index in [0.717, 1.165) is 21.3 Å². The molecule has 3 aromatic rings. The lowest BCUT2D eigenvalue weighted by Gasteiger charge is -2.54. The summed E-state index contributed by atoms with van der Waals surface area (Å²) < 4.78 is 13.0. The highest BCUT2D eigenvalue weighted by Gasteiger charge is 2.60. The number of rotatable bonds is 4. The van der Waals surface area contributed by atoms with Gasteiger partial charge in [0.05, 0.1) is 13.2 Å². The first-order chi connectivity index (χ1) is 16.7. The van der Waals surface area contributed by atoms with Gasteiger partial charge in [-0.15, -0.1) is 0 Å². The summed E-state index contributed by atoms with van der Waals surface area (Å²) in [6, 6.07) is 17.7. The van der Waals surface area contributed by atoms with E-state index >= 15 is 0 Å². The zero-order valence-corrected chi connectivity index (χ0v) is 21.5. The molecule has 8 heteroatoms. The Labute approximate surface area is 212 Å². The number of ether oxygens (including phenoxy) is 2. The number of hydrogen-bond acceptors (Lipinski definition) is 4. The molecule has 3 aromatic carbocycles. The zero-order chi connectivity index (χ0) is 24.9. The number of methoxy groups -OCH3 is 1. The van der Waals surface area contributed by atoms with Crippen molar-refractivity contribution in [3.8, 4) is 11.5 Å². The van der Waals surface area contributed by atoms with E-state index in [2.05, 4.69) is 26.6 Å². The van der Waals surface area contributed by atoms with Crippen molar-refractivity contribution in [1.29, 1.82) is 0 Å². The maximum atomic E-state index is 13.9. The summed E-state index contributed by atoms with van der Waals surface area (Å²) in [7, 11) is 1.57. The summed E-state index contributed by atoms with van der Waals surface area (Å²) in [5.74, 6) is 0.0447. The van der Waals surface area contributed by atoms with E-state index < -0.39 is 17.7 Å². The lowest BCUT2D eigenvalue weighted by atomic mass is 9.78. The molecule has 2 heterocycles. The van der Waals surface area contributed by atoms with Gasteiger partial charge in [0.25, 0.3) is 0 Å². The van der Waals surface area contributed by atoms with E-state index in [1.165, 1.54) is 4.90 Å². The molecule has 2 aliphatic heterocycles. The van der Waals surface area contributed by atoms with Crippen molar-refractivity contribution >= 4 is 39.2 Å². The van der Waals surface area contributed by atoms with Gasteiger partial charge in [-0.05, 0) is 62.7 Å². The third-order valence-corrected chi connectivity index (χ3v) is 7.25. The maximum absolute atomic E-state index is 13.9. The Kier molecular flexibility index (Phi) is 5.71. The fourth-order valence-corrected chi connectivity index (χ4v) is 5.34. The van der Waals surface area contributed by atoms with Crippen LogP contribution in [0.15, 0.2) is 65.1 Å². The fraction of sp³-hybridized carbons (Fsp3) is 0.259. The molecule has 0 saturated carbocycles. The van der Waals surface area contributed by atoms with Gasteiger partial charge in [-0.25, -0.2) is 4.79 Å². The molecule has 7 nitrogen and oxygen atoms in total. The molecule has 3 atom stereocenters. The minimum absolute atomic E-state index is 0.250. The van der Waals surface area contributed by atoms with E-state index in [0.29, 0.717) is 22.7 Å². The molecule has 5 rings (SSSR count). The van der Waals surface area contributed by atoms with Crippen LogP contribution in [0.3, 0.4) is 0 Å². The molecule has 1 fully saturated rings. The molecular weight excluding hydrogens is 510 g/mol. The molecule has 2 aliphatic rings. The minimum atomic E-state index is -1.33. The van der Waals surface area contributed by atoms with Crippen molar-refractivity contribution in [3.05, 3.63) is 81.8 Å². The molecule has 0 aliphatic carbocycles. The van der Waals surface area contributed by atoms with E-state index in [-0.39, 0.29) is 11.9 Å². The number of benzene rings is 3. The van der Waals surface area contributed by atoms with Gasteiger partial charge in [-0.2, -0.15) is 0 Å². The van der Waals surface area contributed by atoms with Crippen LogP contribution in [0.1, 0.15) is 29.7 Å². The third-order valence-electron chi connectivity index (χ3n) is 6.72. The van der Waals surface area contributed by atoms with Crippen molar-refractivity contribution < 1.29 is 19.1 Å². The van der Waals surface area contributed by atoms with Gasteiger partial charge in [0, 0.05) is 21.4 Å². The average molecular weight is 536 g/mol. The SMILES string of the molecule is COc1cccc2c1O[C@@]1(C)[C@H](C(=O)Nc3ccc(C)cc3C)[C@@H]2NC(=O)N1c1ccc(Br)cc1. The number of urea groups is 1. The second-order valence-corrected chi connectivity index (χ2v) is 9.98. The minimum Gasteiger partial charge on any atom is -0.493 e. The quantitative estimate of drug-likeness (QED) is 0.448. The summed E-state index contributed by atoms with van der Waals surface area (Å²) in [6.45, 7) is 5.75.